The number of ether oxygens (including phenoxy) is 3. The lowest BCUT2D eigenvalue weighted by molar-refractivity contribution is -0.177. The van der Waals surface area contributed by atoms with E-state index in [2.05, 4.69) is 22.6 Å². The van der Waals surface area contributed by atoms with Gasteiger partial charge in [-0.2, -0.15) is 0 Å². The monoisotopic (exact) mass is 678 g/mol. The zero-order valence-corrected chi connectivity index (χ0v) is 30.7. The molecule has 2 aromatic rings. The number of nitrogens with one attached hydrogen (secondary N) is 1. The number of methoxy groups -OCH3 is 1. The number of esters is 1. The number of Topliss-reactive ketones (excluding diaryl/α,β-unsaturated/α-hetero) is 1. The van der Waals surface area contributed by atoms with Gasteiger partial charge in [0.15, 0.2) is 5.60 Å². The average Bonchev–Trinajstić information content (AvgIpc) is 3.64. The molecule has 1 aromatic heterocycles. The van der Waals surface area contributed by atoms with Crippen LogP contribution in [0.1, 0.15) is 74.1 Å². The van der Waals surface area contributed by atoms with Crippen molar-refractivity contribution in [2.24, 2.45) is 17.8 Å². The molecule has 0 bridgehead atoms. The third-order valence-electron chi connectivity index (χ3n) is 11.2. The van der Waals surface area contributed by atoms with Crippen molar-refractivity contribution in [2.45, 2.75) is 109 Å². The number of rotatable bonds is 8. The molecule has 2 aliphatic heterocycles. The minimum atomic E-state index is -1.25. The standard InChI is InChI=1S/C36H55BN6O6/c1-9-29-35(7)36(10-2,39-17-16-23(3)21-34(6,47-8)31(37)24(4)30(44)25(5)32(45)48-29)43(33(46)49-35)19-12-11-18-42-22-28(40-41-42)26-14-13-15-27(38)20-26/h11-15,20,22-25,29,31,39H,9-10,16-19,21,37-38H2,1-8H3/b12-11+/t23-,24+,25-,29-,31-,34-,35-,36+/m1/s1. The van der Waals surface area contributed by atoms with Crippen LogP contribution in [0, 0.1) is 17.8 Å². The van der Waals surface area contributed by atoms with E-state index in [1.165, 1.54) is 0 Å². The van der Waals surface area contributed by atoms with Gasteiger partial charge in [0.1, 0.15) is 37.0 Å². The van der Waals surface area contributed by atoms with E-state index >= 15 is 0 Å². The van der Waals surface area contributed by atoms with Crippen molar-refractivity contribution in [2.75, 3.05) is 25.9 Å². The molecule has 2 saturated heterocycles. The molecule has 4 rings (SSSR count). The average molecular weight is 679 g/mol. The minimum absolute atomic E-state index is 0.133. The molecular weight excluding hydrogens is 623 g/mol. The van der Waals surface area contributed by atoms with E-state index in [4.69, 9.17) is 19.9 Å². The first-order chi connectivity index (χ1) is 23.2. The van der Waals surface area contributed by atoms with Gasteiger partial charge in [-0.3, -0.25) is 19.8 Å². The number of carbonyl (C=O) groups excluding carboxylic acids is 3. The summed E-state index contributed by atoms with van der Waals surface area (Å²) < 4.78 is 20.1. The number of hydrogen-bond donors (Lipinski definition) is 2. The molecular formula is C36H55BN6O6. The van der Waals surface area contributed by atoms with Crippen LogP contribution in [0.3, 0.4) is 0 Å². The van der Waals surface area contributed by atoms with E-state index in [1.54, 1.807) is 23.6 Å². The molecule has 0 unspecified atom stereocenters. The predicted octanol–water partition coefficient (Wildman–Crippen LogP) is 4.41. The molecule has 1 amide bonds. The Morgan fingerprint density at radius 3 is 2.51 bits per heavy atom. The summed E-state index contributed by atoms with van der Waals surface area (Å²) in [5.41, 5.74) is 5.33. The molecule has 49 heavy (non-hydrogen) atoms. The van der Waals surface area contributed by atoms with Crippen molar-refractivity contribution in [1.29, 1.82) is 0 Å². The number of nitrogen functional groups attached to an aromatic ring is 1. The first kappa shape index (κ1) is 38.1. The molecule has 13 heteroatoms. The van der Waals surface area contributed by atoms with Crippen molar-refractivity contribution in [3.8, 4) is 11.3 Å². The van der Waals surface area contributed by atoms with Crippen LogP contribution in [0.2, 0.25) is 5.82 Å². The Morgan fingerprint density at radius 1 is 1.14 bits per heavy atom. The first-order valence-electron chi connectivity index (χ1n) is 17.6. The van der Waals surface area contributed by atoms with E-state index in [1.807, 2.05) is 85.1 Å². The third-order valence-corrected chi connectivity index (χ3v) is 11.2. The number of cyclic esters (lactones) is 1. The molecule has 3 N–H and O–H groups in total. The SMILES string of the molecule is B[C@@H]1[C@@H](C)C(=O)[C@@H](C)C(=O)O[C@H](CC)[C@@]2(C)OC(=O)N(C/C=C/Cn3cc(-c4cccc(N)c4)nn3)[C@]2(CC)NCC[C@@H](C)C[C@@]1(C)OC. The highest BCUT2D eigenvalue weighted by atomic mass is 16.6. The highest BCUT2D eigenvalue weighted by molar-refractivity contribution is 6.15. The predicted molar refractivity (Wildman–Crippen MR) is 191 cm³/mol. The second kappa shape index (κ2) is 15.5. The highest BCUT2D eigenvalue weighted by Crippen LogP contribution is 2.45. The van der Waals surface area contributed by atoms with Crippen LogP contribution >= 0.6 is 0 Å². The zero-order chi connectivity index (χ0) is 36.1. The summed E-state index contributed by atoms with van der Waals surface area (Å²) in [7, 11) is 3.70. The zero-order valence-electron chi connectivity index (χ0n) is 30.7. The number of allylic oxidation sites excluding steroid dienone is 1. The van der Waals surface area contributed by atoms with Gasteiger partial charge in [0.05, 0.1) is 18.3 Å². The van der Waals surface area contributed by atoms with Crippen LogP contribution in [0.5, 0.6) is 0 Å². The van der Waals surface area contributed by atoms with Crippen LogP contribution in [0.4, 0.5) is 10.5 Å². The lowest BCUT2D eigenvalue weighted by Gasteiger charge is -2.47. The van der Waals surface area contributed by atoms with Gasteiger partial charge in [-0.1, -0.05) is 57.2 Å². The summed E-state index contributed by atoms with van der Waals surface area (Å²) in [5, 5.41) is 12.2. The van der Waals surface area contributed by atoms with Gasteiger partial charge in [0.2, 0.25) is 0 Å². The highest BCUT2D eigenvalue weighted by Gasteiger charge is 2.65. The van der Waals surface area contributed by atoms with Crippen molar-refractivity contribution < 1.29 is 28.6 Å². The Labute approximate surface area is 291 Å². The van der Waals surface area contributed by atoms with Crippen molar-refractivity contribution in [3.05, 3.63) is 42.6 Å². The molecule has 1 aromatic carbocycles. The fourth-order valence-corrected chi connectivity index (χ4v) is 7.71. The van der Waals surface area contributed by atoms with Gasteiger partial charge in [0, 0.05) is 30.8 Å². The lowest BCUT2D eigenvalue weighted by atomic mass is 9.62. The van der Waals surface area contributed by atoms with E-state index in [9.17, 15) is 14.4 Å². The van der Waals surface area contributed by atoms with Gasteiger partial charge in [-0.05, 0) is 76.9 Å². The lowest BCUT2D eigenvalue weighted by Crippen LogP contribution is -2.70. The maximum atomic E-state index is 13.8. The number of ketones is 1. The third kappa shape index (κ3) is 7.57. The van der Waals surface area contributed by atoms with E-state index in [0.29, 0.717) is 37.3 Å². The van der Waals surface area contributed by atoms with Crippen LogP contribution in [0.25, 0.3) is 11.3 Å². The Bertz CT molecular complexity index is 1520. The fraction of sp³-hybridized carbons (Fsp3) is 0.639. The quantitative estimate of drug-likeness (QED) is 0.135. The van der Waals surface area contributed by atoms with Gasteiger partial charge < -0.3 is 19.9 Å². The minimum Gasteiger partial charge on any atom is -0.457 e. The smallest absolute Gasteiger partial charge is 0.412 e. The molecule has 8 atom stereocenters. The number of carbonyl (C=O) groups is 3. The van der Waals surface area contributed by atoms with Crippen molar-refractivity contribution >= 4 is 31.4 Å². The number of nitrogens with zero attached hydrogens (tertiary/aromatic N) is 4. The maximum Gasteiger partial charge on any atom is 0.412 e. The van der Waals surface area contributed by atoms with E-state index in [-0.39, 0.29) is 24.1 Å². The molecule has 2 fully saturated rings. The van der Waals surface area contributed by atoms with Crippen LogP contribution in [-0.4, -0.2) is 88.8 Å². The number of hydrogen-bond acceptors (Lipinski definition) is 10. The van der Waals surface area contributed by atoms with Gasteiger partial charge in [0.25, 0.3) is 0 Å². The van der Waals surface area contributed by atoms with E-state index in [0.717, 1.165) is 18.4 Å². The summed E-state index contributed by atoms with van der Waals surface area (Å²) in [6.07, 6.45) is 6.75. The maximum absolute atomic E-state index is 13.8. The number of anilines is 1. The molecule has 3 heterocycles. The van der Waals surface area contributed by atoms with Crippen molar-refractivity contribution in [3.63, 3.8) is 0 Å². The molecule has 0 saturated carbocycles. The topological polar surface area (TPSA) is 151 Å². The van der Waals surface area contributed by atoms with Crippen LogP contribution in [-0.2, 0) is 30.3 Å². The summed E-state index contributed by atoms with van der Waals surface area (Å²) in [6.45, 7) is 14.7. The normalized spacial score (nSPS) is 33.5. The largest absolute Gasteiger partial charge is 0.457 e. The van der Waals surface area contributed by atoms with Gasteiger partial charge in [-0.25, -0.2) is 9.48 Å². The second-order valence-electron chi connectivity index (χ2n) is 14.3. The Balaban J connectivity index is 1.62. The molecule has 12 nitrogen and oxygen atoms in total. The molecule has 0 aliphatic carbocycles. The molecule has 0 spiro atoms. The Hall–Kier alpha value is -3.71. The van der Waals surface area contributed by atoms with Crippen molar-refractivity contribution in [1.82, 2.24) is 25.2 Å². The first-order valence-corrected chi connectivity index (χ1v) is 17.6. The van der Waals surface area contributed by atoms with Gasteiger partial charge in [-0.15, -0.1) is 5.10 Å². The second-order valence-corrected chi connectivity index (χ2v) is 14.3. The Kier molecular flexibility index (Phi) is 12.0. The summed E-state index contributed by atoms with van der Waals surface area (Å²) in [6, 6.07) is 7.47. The Morgan fingerprint density at radius 2 is 1.86 bits per heavy atom. The molecule has 0 radical (unpaired) electrons. The fourth-order valence-electron chi connectivity index (χ4n) is 7.71. The molecule has 2 aliphatic rings. The number of fused-ring (bicyclic) bond motifs is 1. The number of amides is 1. The number of aromatic nitrogens is 3. The summed E-state index contributed by atoms with van der Waals surface area (Å²) >= 11 is 0. The van der Waals surface area contributed by atoms with Gasteiger partial charge >= 0.3 is 12.1 Å². The van der Waals surface area contributed by atoms with Crippen LogP contribution in [0.15, 0.2) is 42.6 Å². The molecule has 268 valence electrons. The van der Waals surface area contributed by atoms with Crippen LogP contribution < -0.4 is 11.1 Å². The number of benzene rings is 1. The van der Waals surface area contributed by atoms with E-state index < -0.39 is 46.9 Å². The summed E-state index contributed by atoms with van der Waals surface area (Å²) in [5.74, 6) is -2.13. The summed E-state index contributed by atoms with van der Waals surface area (Å²) in [4.78, 5) is 42.7. The number of nitrogens with two attached hydrogens (primary N) is 1.